The van der Waals surface area contributed by atoms with Crippen molar-refractivity contribution < 1.29 is 13.9 Å². The van der Waals surface area contributed by atoms with E-state index in [2.05, 4.69) is 15.9 Å². The van der Waals surface area contributed by atoms with Crippen LogP contribution in [0.15, 0.2) is 10.5 Å². The quantitative estimate of drug-likeness (QED) is 0.862. The lowest BCUT2D eigenvalue weighted by Crippen LogP contribution is -2.24. The molecule has 0 atom stereocenters. The summed E-state index contributed by atoms with van der Waals surface area (Å²) < 4.78 is 25.5. The van der Waals surface area contributed by atoms with Crippen LogP contribution in [0.3, 0.4) is 0 Å². The van der Waals surface area contributed by atoms with Gasteiger partial charge in [0.05, 0.1) is 0 Å². The Bertz CT molecular complexity index is 460. The maximum Gasteiger partial charge on any atom is 0.197 e. The van der Waals surface area contributed by atoms with E-state index in [1.807, 2.05) is 0 Å². The third kappa shape index (κ3) is 1.42. The van der Waals surface area contributed by atoms with E-state index in [1.54, 1.807) is 6.07 Å². The lowest BCUT2D eigenvalue weighted by atomic mass is 10.0. The average molecular weight is 288 g/mol. The minimum absolute atomic E-state index is 0.196. The van der Waals surface area contributed by atoms with Crippen molar-refractivity contribution >= 4 is 15.9 Å². The summed E-state index contributed by atoms with van der Waals surface area (Å²) in [5, 5.41) is 0. The first-order chi connectivity index (χ1) is 7.62. The molecule has 5 heteroatoms. The lowest BCUT2D eigenvalue weighted by molar-refractivity contribution is 0.163. The van der Waals surface area contributed by atoms with Crippen molar-refractivity contribution in [3.63, 3.8) is 0 Å². The van der Waals surface area contributed by atoms with Crippen LogP contribution in [0.2, 0.25) is 0 Å². The monoisotopic (exact) mass is 287 g/mol. The number of ether oxygens (including phenoxy) is 2. The summed E-state index contributed by atoms with van der Waals surface area (Å²) in [5.74, 6) is 0.258. The summed E-state index contributed by atoms with van der Waals surface area (Å²) in [7, 11) is 0. The summed E-state index contributed by atoms with van der Waals surface area (Å²) >= 11 is 3.35. The van der Waals surface area contributed by atoms with Gasteiger partial charge in [0.25, 0.3) is 0 Å². The van der Waals surface area contributed by atoms with Crippen molar-refractivity contribution in [3.05, 3.63) is 21.9 Å². The second kappa shape index (κ2) is 3.34. The van der Waals surface area contributed by atoms with Crippen molar-refractivity contribution in [3.8, 4) is 11.5 Å². The Morgan fingerprint density at radius 3 is 2.69 bits per heavy atom. The highest BCUT2D eigenvalue weighted by Crippen LogP contribution is 2.50. The van der Waals surface area contributed by atoms with Crippen LogP contribution in [0.4, 0.5) is 4.39 Å². The third-order valence-corrected chi connectivity index (χ3v) is 3.64. The predicted octanol–water partition coefficient (Wildman–Crippen LogP) is 2.31. The molecule has 1 aromatic rings. The lowest BCUT2D eigenvalue weighted by Gasteiger charge is -2.22. The summed E-state index contributed by atoms with van der Waals surface area (Å²) in [5.41, 5.74) is 6.02. The van der Waals surface area contributed by atoms with Crippen LogP contribution in [0.1, 0.15) is 18.4 Å². The molecule has 0 radical (unpaired) electrons. The van der Waals surface area contributed by atoms with E-state index in [-0.39, 0.29) is 11.6 Å². The molecule has 16 heavy (non-hydrogen) atoms. The maximum atomic E-state index is 14.2. The van der Waals surface area contributed by atoms with Gasteiger partial charge in [-0.2, -0.15) is 0 Å². The molecule has 0 unspecified atom stereocenters. The Labute approximate surface area is 101 Å². The van der Waals surface area contributed by atoms with Gasteiger partial charge in [-0.05, 0) is 18.9 Å². The van der Waals surface area contributed by atoms with E-state index in [0.29, 0.717) is 29.0 Å². The van der Waals surface area contributed by atoms with Gasteiger partial charge in [0.15, 0.2) is 17.3 Å². The molecule has 1 saturated carbocycles. The first-order valence-electron chi connectivity index (χ1n) is 5.19. The average Bonchev–Trinajstić information content (AvgIpc) is 2.97. The Hall–Kier alpha value is -0.810. The highest BCUT2D eigenvalue weighted by molar-refractivity contribution is 9.10. The molecule has 0 saturated heterocycles. The minimum atomic E-state index is -0.529. The van der Waals surface area contributed by atoms with Gasteiger partial charge < -0.3 is 15.2 Å². The first kappa shape index (κ1) is 10.4. The van der Waals surface area contributed by atoms with Crippen molar-refractivity contribution in [2.24, 2.45) is 5.73 Å². The summed E-state index contributed by atoms with van der Waals surface area (Å²) in [6.45, 7) is 0.828. The molecule has 1 aliphatic heterocycles. The van der Waals surface area contributed by atoms with Gasteiger partial charge in [-0.15, -0.1) is 0 Å². The van der Waals surface area contributed by atoms with Crippen molar-refractivity contribution in [2.75, 3.05) is 13.2 Å². The zero-order valence-electron chi connectivity index (χ0n) is 8.56. The molecule has 3 nitrogen and oxygen atoms in total. The van der Waals surface area contributed by atoms with Crippen LogP contribution in [0, 0.1) is 5.82 Å². The van der Waals surface area contributed by atoms with E-state index < -0.39 is 5.54 Å². The zero-order valence-corrected chi connectivity index (χ0v) is 10.1. The molecule has 86 valence electrons. The van der Waals surface area contributed by atoms with Crippen LogP contribution in [0.5, 0.6) is 11.5 Å². The smallest absolute Gasteiger partial charge is 0.197 e. The predicted molar refractivity (Wildman–Crippen MR) is 60.2 cm³/mol. The number of rotatable bonds is 1. The molecule has 3 rings (SSSR count). The Balaban J connectivity index is 2.18. The van der Waals surface area contributed by atoms with Crippen LogP contribution < -0.4 is 15.2 Å². The van der Waals surface area contributed by atoms with Crippen molar-refractivity contribution in [2.45, 2.75) is 18.4 Å². The number of fused-ring (bicyclic) bond motifs is 1. The fourth-order valence-corrected chi connectivity index (χ4v) is 2.73. The Morgan fingerprint density at radius 2 is 2.00 bits per heavy atom. The van der Waals surface area contributed by atoms with Crippen molar-refractivity contribution in [1.82, 2.24) is 0 Å². The highest BCUT2D eigenvalue weighted by Gasteiger charge is 2.45. The molecule has 0 spiro atoms. The van der Waals surface area contributed by atoms with E-state index >= 15 is 0 Å². The van der Waals surface area contributed by atoms with Gasteiger partial charge in [-0.25, -0.2) is 4.39 Å². The molecule has 1 fully saturated rings. The first-order valence-corrected chi connectivity index (χ1v) is 5.98. The van der Waals surface area contributed by atoms with Gasteiger partial charge in [-0.3, -0.25) is 0 Å². The Morgan fingerprint density at radius 1 is 1.31 bits per heavy atom. The Kier molecular flexibility index (Phi) is 2.16. The topological polar surface area (TPSA) is 44.5 Å². The van der Waals surface area contributed by atoms with Crippen LogP contribution >= 0.6 is 15.9 Å². The number of benzene rings is 1. The molecule has 1 heterocycles. The van der Waals surface area contributed by atoms with Gasteiger partial charge in [0.2, 0.25) is 0 Å². The van der Waals surface area contributed by atoms with Crippen LogP contribution in [0.25, 0.3) is 0 Å². The van der Waals surface area contributed by atoms with Crippen LogP contribution in [-0.2, 0) is 5.54 Å². The van der Waals surface area contributed by atoms with Gasteiger partial charge in [0, 0.05) is 15.6 Å². The van der Waals surface area contributed by atoms with E-state index in [0.717, 1.165) is 12.8 Å². The van der Waals surface area contributed by atoms with Gasteiger partial charge in [0.1, 0.15) is 13.2 Å². The second-order valence-electron chi connectivity index (χ2n) is 4.23. The molecular weight excluding hydrogens is 277 g/mol. The van der Waals surface area contributed by atoms with Gasteiger partial charge in [-0.1, -0.05) is 15.9 Å². The maximum absolute atomic E-state index is 14.2. The van der Waals surface area contributed by atoms with E-state index in [9.17, 15) is 4.39 Å². The minimum Gasteiger partial charge on any atom is -0.486 e. The molecule has 2 N–H and O–H groups in total. The molecular formula is C11H11BrFNO2. The fraction of sp³-hybridized carbons (Fsp3) is 0.455. The van der Waals surface area contributed by atoms with Crippen LogP contribution in [-0.4, -0.2) is 13.2 Å². The largest absolute Gasteiger partial charge is 0.486 e. The third-order valence-electron chi connectivity index (χ3n) is 3.01. The standard InChI is InChI=1S/C11H11BrFNO2/c12-6-5-7-10(16-4-3-15-7)9(13)8(6)11(14)1-2-11/h5H,1-4,14H2. The summed E-state index contributed by atoms with van der Waals surface area (Å²) in [4.78, 5) is 0. The molecule has 2 aliphatic rings. The number of nitrogens with two attached hydrogens (primary N) is 1. The normalized spacial score (nSPS) is 20.7. The van der Waals surface area contributed by atoms with E-state index in [4.69, 9.17) is 15.2 Å². The molecule has 0 bridgehead atoms. The highest BCUT2D eigenvalue weighted by atomic mass is 79.9. The van der Waals surface area contributed by atoms with E-state index in [1.165, 1.54) is 0 Å². The number of hydrogen-bond acceptors (Lipinski definition) is 3. The SMILES string of the molecule is NC1(c2c(Br)cc3c(c2F)OCCO3)CC1. The zero-order chi connectivity index (χ0) is 11.3. The number of hydrogen-bond donors (Lipinski definition) is 1. The molecule has 0 amide bonds. The summed E-state index contributed by atoms with van der Waals surface area (Å²) in [6, 6.07) is 1.74. The van der Waals surface area contributed by atoms with Gasteiger partial charge >= 0.3 is 0 Å². The molecule has 1 aliphatic carbocycles. The molecule has 1 aromatic carbocycles. The number of halogens is 2. The second-order valence-corrected chi connectivity index (χ2v) is 5.08. The molecule has 0 aromatic heterocycles. The fourth-order valence-electron chi connectivity index (χ4n) is 1.96. The van der Waals surface area contributed by atoms with Crippen molar-refractivity contribution in [1.29, 1.82) is 0 Å². The summed E-state index contributed by atoms with van der Waals surface area (Å²) in [6.07, 6.45) is 1.62.